The minimum atomic E-state index is -0.378. The van der Waals surface area contributed by atoms with E-state index in [1.807, 2.05) is 89.8 Å². The molecular weight excluding hydrogens is 414 g/mol. The molecule has 1 amide bonds. The second-order valence-electron chi connectivity index (χ2n) is 8.13. The van der Waals surface area contributed by atoms with E-state index in [1.165, 1.54) is 0 Å². The number of carbonyl (C=O) groups is 1. The summed E-state index contributed by atoms with van der Waals surface area (Å²) in [5.74, 6) is 1.43. The molecule has 0 radical (unpaired) electrons. The number of hydrogen-bond acceptors (Lipinski definition) is 5. The normalized spacial score (nSPS) is 15.7. The lowest BCUT2D eigenvalue weighted by molar-refractivity contribution is -0.133. The maximum atomic E-state index is 13.9. The number of methoxy groups -OCH3 is 1. The van der Waals surface area contributed by atoms with Crippen molar-refractivity contribution in [1.82, 2.24) is 15.0 Å². The zero-order chi connectivity index (χ0) is 22.6. The van der Waals surface area contributed by atoms with Crippen LogP contribution in [0.1, 0.15) is 41.8 Å². The van der Waals surface area contributed by atoms with Gasteiger partial charge in [0.1, 0.15) is 11.8 Å². The van der Waals surface area contributed by atoms with Crippen LogP contribution in [0.2, 0.25) is 0 Å². The molecular formula is C27H25N3O3. The second kappa shape index (κ2) is 9.28. The van der Waals surface area contributed by atoms with Gasteiger partial charge in [0.15, 0.2) is 0 Å². The first kappa shape index (κ1) is 20.9. The predicted octanol–water partition coefficient (Wildman–Crippen LogP) is 5.24. The number of hydrogen-bond donors (Lipinski definition) is 0. The van der Waals surface area contributed by atoms with E-state index in [0.29, 0.717) is 18.3 Å². The van der Waals surface area contributed by atoms with Crippen LogP contribution in [-0.2, 0) is 4.79 Å². The smallest absolute Gasteiger partial charge is 0.249 e. The predicted molar refractivity (Wildman–Crippen MR) is 125 cm³/mol. The molecule has 0 aliphatic carbocycles. The van der Waals surface area contributed by atoms with E-state index in [0.717, 1.165) is 35.3 Å². The lowest BCUT2D eigenvalue weighted by Crippen LogP contribution is -2.35. The highest BCUT2D eigenvalue weighted by atomic mass is 16.5. The molecule has 33 heavy (non-hydrogen) atoms. The summed E-state index contributed by atoms with van der Waals surface area (Å²) in [6.07, 6.45) is 1.69. The zero-order valence-electron chi connectivity index (χ0n) is 18.4. The van der Waals surface area contributed by atoms with Crippen molar-refractivity contribution in [2.24, 2.45) is 0 Å². The van der Waals surface area contributed by atoms with Gasteiger partial charge >= 0.3 is 0 Å². The molecule has 0 saturated carbocycles. The summed E-state index contributed by atoms with van der Waals surface area (Å²) in [4.78, 5) is 20.4. The number of ether oxygens (including phenoxy) is 1. The molecule has 166 valence electrons. The number of nitrogens with zero attached hydrogens (tertiary/aromatic N) is 3. The zero-order valence-corrected chi connectivity index (χ0v) is 18.4. The first-order valence-corrected chi connectivity index (χ1v) is 11.1. The molecule has 4 aromatic rings. The van der Waals surface area contributed by atoms with E-state index in [2.05, 4.69) is 10.1 Å². The number of likely N-dealkylation sites (tertiary alicyclic amines) is 1. The Hall–Kier alpha value is -3.93. The van der Waals surface area contributed by atoms with Crippen molar-refractivity contribution >= 4 is 5.91 Å². The van der Waals surface area contributed by atoms with Crippen LogP contribution < -0.4 is 4.74 Å². The Balaban J connectivity index is 1.44. The van der Waals surface area contributed by atoms with E-state index in [1.54, 1.807) is 7.11 Å². The Kier molecular flexibility index (Phi) is 5.89. The third-order valence-corrected chi connectivity index (χ3v) is 6.12. The molecule has 1 aromatic heterocycles. The van der Waals surface area contributed by atoms with Crippen molar-refractivity contribution < 1.29 is 14.1 Å². The number of rotatable bonds is 6. The fourth-order valence-corrected chi connectivity index (χ4v) is 4.45. The van der Waals surface area contributed by atoms with E-state index in [-0.39, 0.29) is 17.9 Å². The highest BCUT2D eigenvalue weighted by Gasteiger charge is 2.38. The van der Waals surface area contributed by atoms with Gasteiger partial charge in [-0.3, -0.25) is 4.79 Å². The van der Waals surface area contributed by atoms with Gasteiger partial charge in [0, 0.05) is 12.1 Å². The molecule has 6 nitrogen and oxygen atoms in total. The van der Waals surface area contributed by atoms with Crippen molar-refractivity contribution in [2.75, 3.05) is 13.7 Å². The molecule has 3 aromatic carbocycles. The van der Waals surface area contributed by atoms with Gasteiger partial charge in [-0.25, -0.2) is 0 Å². The van der Waals surface area contributed by atoms with Crippen LogP contribution in [0.25, 0.3) is 11.4 Å². The van der Waals surface area contributed by atoms with E-state index >= 15 is 0 Å². The third kappa shape index (κ3) is 4.24. The SMILES string of the molecule is COc1ccc(-c2noc(C3CCCN3C(=O)C(c3ccccc3)c3ccccc3)n2)cc1. The summed E-state index contributed by atoms with van der Waals surface area (Å²) < 4.78 is 10.9. The summed E-state index contributed by atoms with van der Waals surface area (Å²) in [6, 6.07) is 27.1. The minimum Gasteiger partial charge on any atom is -0.497 e. The average Bonchev–Trinajstić information content (AvgIpc) is 3.55. The van der Waals surface area contributed by atoms with Crippen LogP contribution in [0.15, 0.2) is 89.5 Å². The highest BCUT2D eigenvalue weighted by molar-refractivity contribution is 5.87. The van der Waals surface area contributed by atoms with E-state index < -0.39 is 0 Å². The molecule has 2 heterocycles. The van der Waals surface area contributed by atoms with Crippen molar-refractivity contribution in [1.29, 1.82) is 0 Å². The largest absolute Gasteiger partial charge is 0.497 e. The molecule has 1 saturated heterocycles. The number of amides is 1. The van der Waals surface area contributed by atoms with Gasteiger partial charge in [0.05, 0.1) is 13.0 Å². The Morgan fingerprint density at radius 2 is 1.61 bits per heavy atom. The topological polar surface area (TPSA) is 68.5 Å². The van der Waals surface area contributed by atoms with Crippen molar-refractivity contribution in [2.45, 2.75) is 24.8 Å². The van der Waals surface area contributed by atoms with Gasteiger partial charge in [-0.1, -0.05) is 65.8 Å². The standard InChI is InChI=1S/C27H25N3O3/c1-32-22-16-14-21(15-17-22)25-28-26(33-29-25)23-13-8-18-30(23)27(31)24(19-9-4-2-5-10-19)20-11-6-3-7-12-20/h2-7,9-12,14-17,23-24H,8,13,18H2,1H3. The molecule has 0 bridgehead atoms. The fourth-order valence-electron chi connectivity index (χ4n) is 4.45. The summed E-state index contributed by atoms with van der Waals surface area (Å²) in [5, 5.41) is 4.18. The number of carbonyl (C=O) groups excluding carboxylic acids is 1. The van der Waals surface area contributed by atoms with Crippen LogP contribution in [0.3, 0.4) is 0 Å². The van der Waals surface area contributed by atoms with Gasteiger partial charge in [0.2, 0.25) is 17.6 Å². The second-order valence-corrected chi connectivity index (χ2v) is 8.13. The average molecular weight is 440 g/mol. The Morgan fingerprint density at radius 1 is 0.970 bits per heavy atom. The fraction of sp³-hybridized carbons (Fsp3) is 0.222. The molecule has 6 heteroatoms. The Bertz CT molecular complexity index is 1170. The van der Waals surface area contributed by atoms with Crippen LogP contribution in [0, 0.1) is 0 Å². The van der Waals surface area contributed by atoms with Crippen molar-refractivity contribution in [3.8, 4) is 17.1 Å². The number of aromatic nitrogens is 2. The molecule has 0 N–H and O–H groups in total. The van der Waals surface area contributed by atoms with Gasteiger partial charge in [0.25, 0.3) is 0 Å². The minimum absolute atomic E-state index is 0.0547. The Morgan fingerprint density at radius 3 is 2.21 bits per heavy atom. The lowest BCUT2D eigenvalue weighted by atomic mass is 9.90. The quantitative estimate of drug-likeness (QED) is 0.411. The third-order valence-electron chi connectivity index (χ3n) is 6.12. The highest BCUT2D eigenvalue weighted by Crippen LogP contribution is 2.37. The van der Waals surface area contributed by atoms with E-state index in [4.69, 9.17) is 9.26 Å². The Labute approximate surface area is 192 Å². The molecule has 1 atom stereocenters. The van der Waals surface area contributed by atoms with Crippen molar-refractivity contribution in [3.05, 3.63) is 102 Å². The van der Waals surface area contributed by atoms with Crippen LogP contribution in [-0.4, -0.2) is 34.6 Å². The van der Waals surface area contributed by atoms with Gasteiger partial charge < -0.3 is 14.2 Å². The monoisotopic (exact) mass is 439 g/mol. The van der Waals surface area contributed by atoms with E-state index in [9.17, 15) is 4.79 Å². The van der Waals surface area contributed by atoms with Crippen molar-refractivity contribution in [3.63, 3.8) is 0 Å². The first-order valence-electron chi connectivity index (χ1n) is 11.1. The molecule has 1 fully saturated rings. The van der Waals surface area contributed by atoms with Crippen LogP contribution in [0.5, 0.6) is 5.75 Å². The lowest BCUT2D eigenvalue weighted by Gasteiger charge is -2.27. The van der Waals surface area contributed by atoms with Gasteiger partial charge in [-0.15, -0.1) is 0 Å². The molecule has 1 aliphatic rings. The molecule has 1 aliphatic heterocycles. The first-order chi connectivity index (χ1) is 16.2. The summed E-state index contributed by atoms with van der Waals surface area (Å²) in [6.45, 7) is 0.667. The summed E-state index contributed by atoms with van der Waals surface area (Å²) in [5.41, 5.74) is 2.79. The van der Waals surface area contributed by atoms with Crippen LogP contribution >= 0.6 is 0 Å². The van der Waals surface area contributed by atoms with Crippen LogP contribution in [0.4, 0.5) is 0 Å². The van der Waals surface area contributed by atoms with Gasteiger partial charge in [-0.2, -0.15) is 4.98 Å². The summed E-state index contributed by atoms with van der Waals surface area (Å²) in [7, 11) is 1.63. The number of benzene rings is 3. The molecule has 0 spiro atoms. The van der Waals surface area contributed by atoms with Gasteiger partial charge in [-0.05, 0) is 48.2 Å². The summed E-state index contributed by atoms with van der Waals surface area (Å²) >= 11 is 0. The molecule has 1 unspecified atom stereocenters. The maximum Gasteiger partial charge on any atom is 0.249 e. The maximum absolute atomic E-state index is 13.9. The molecule has 5 rings (SSSR count).